The molecule has 0 spiro atoms. The molecular weight excluding hydrogens is 340 g/mol. The number of nitrogens with zero attached hydrogens (tertiary/aromatic N) is 2. The van der Waals surface area contributed by atoms with Gasteiger partial charge in [-0.1, -0.05) is 50.8 Å². The minimum atomic E-state index is -0.0220. The molecule has 2 amide bonds. The maximum absolute atomic E-state index is 12.7. The molecule has 1 aliphatic heterocycles. The van der Waals surface area contributed by atoms with Crippen molar-refractivity contribution >= 4 is 17.5 Å². The lowest BCUT2D eigenvalue weighted by Crippen LogP contribution is -2.37. The predicted molar refractivity (Wildman–Crippen MR) is 109 cm³/mol. The van der Waals surface area contributed by atoms with E-state index in [1.807, 2.05) is 41.0 Å². The summed E-state index contributed by atoms with van der Waals surface area (Å²) in [5, 5.41) is 0. The van der Waals surface area contributed by atoms with Crippen molar-refractivity contribution in [2.75, 3.05) is 31.7 Å². The van der Waals surface area contributed by atoms with Gasteiger partial charge < -0.3 is 14.5 Å². The number of rotatable bonds is 4. The Labute approximate surface area is 163 Å². The lowest BCUT2D eigenvalue weighted by atomic mass is 10.1. The molecular formula is C22H34N2O3. The van der Waals surface area contributed by atoms with Crippen LogP contribution in [0.5, 0.6) is 0 Å². The number of methoxy groups -OCH3 is 1. The monoisotopic (exact) mass is 374 g/mol. The van der Waals surface area contributed by atoms with Crippen LogP contribution < -0.4 is 4.90 Å². The van der Waals surface area contributed by atoms with Gasteiger partial charge in [0.15, 0.2) is 0 Å². The molecule has 0 atom stereocenters. The molecule has 0 fully saturated rings. The van der Waals surface area contributed by atoms with Crippen molar-refractivity contribution < 1.29 is 14.3 Å². The van der Waals surface area contributed by atoms with Crippen molar-refractivity contribution in [1.29, 1.82) is 0 Å². The Morgan fingerprint density at radius 3 is 2.33 bits per heavy atom. The number of ether oxygens (including phenoxy) is 1. The summed E-state index contributed by atoms with van der Waals surface area (Å²) >= 11 is 0. The van der Waals surface area contributed by atoms with Crippen LogP contribution in [0.4, 0.5) is 5.69 Å². The molecule has 1 aromatic carbocycles. The Morgan fingerprint density at radius 2 is 1.63 bits per heavy atom. The second-order valence-electron chi connectivity index (χ2n) is 7.29. The maximum Gasteiger partial charge on any atom is 0.252 e. The molecule has 0 aliphatic carbocycles. The third-order valence-electron chi connectivity index (χ3n) is 5.09. The Morgan fingerprint density at radius 1 is 0.963 bits per heavy atom. The summed E-state index contributed by atoms with van der Waals surface area (Å²) in [7, 11) is 1.55. The van der Waals surface area contributed by atoms with Crippen LogP contribution in [0.1, 0.15) is 63.9 Å². The summed E-state index contributed by atoms with van der Waals surface area (Å²) in [6.07, 6.45) is 8.11. The molecule has 1 heterocycles. The van der Waals surface area contributed by atoms with Crippen LogP contribution in [0.2, 0.25) is 0 Å². The van der Waals surface area contributed by atoms with Crippen molar-refractivity contribution in [2.24, 2.45) is 0 Å². The van der Waals surface area contributed by atoms with E-state index in [1.165, 1.54) is 12.8 Å². The standard InChI is InChI=1S/C22H34N2O3/c1-3-12-21(25)23-15-10-6-4-5-7-11-16-24(22(26)18-27-2)20-14-9-8-13-19(20)17-23/h8-9,13-14H,3-7,10-12,15-18H2,1-2H3. The van der Waals surface area contributed by atoms with Gasteiger partial charge in [0.05, 0.1) is 0 Å². The zero-order valence-electron chi connectivity index (χ0n) is 16.9. The summed E-state index contributed by atoms with van der Waals surface area (Å²) in [6, 6.07) is 7.97. The summed E-state index contributed by atoms with van der Waals surface area (Å²) in [5.41, 5.74) is 1.94. The highest BCUT2D eigenvalue weighted by molar-refractivity contribution is 5.95. The number of fused-ring (bicyclic) bond motifs is 1. The van der Waals surface area contributed by atoms with Gasteiger partial charge in [-0.3, -0.25) is 9.59 Å². The first kappa shape index (κ1) is 21.4. The van der Waals surface area contributed by atoms with Crippen molar-refractivity contribution in [1.82, 2.24) is 4.90 Å². The highest BCUT2D eigenvalue weighted by Gasteiger charge is 2.21. The van der Waals surface area contributed by atoms with Crippen molar-refractivity contribution in [3.8, 4) is 0 Å². The van der Waals surface area contributed by atoms with Crippen molar-refractivity contribution in [2.45, 2.75) is 64.8 Å². The lowest BCUT2D eigenvalue weighted by Gasteiger charge is -2.28. The summed E-state index contributed by atoms with van der Waals surface area (Å²) in [5.74, 6) is 0.184. The molecule has 0 N–H and O–H groups in total. The third kappa shape index (κ3) is 6.65. The van der Waals surface area contributed by atoms with E-state index >= 15 is 0 Å². The van der Waals surface area contributed by atoms with Crippen LogP contribution in [0.3, 0.4) is 0 Å². The Kier molecular flexibility index (Phi) is 9.32. The molecule has 0 aromatic heterocycles. The van der Waals surface area contributed by atoms with E-state index in [-0.39, 0.29) is 18.4 Å². The number of anilines is 1. The van der Waals surface area contributed by atoms with Gasteiger partial charge in [-0.15, -0.1) is 0 Å². The van der Waals surface area contributed by atoms with Gasteiger partial charge in [0.1, 0.15) is 6.61 Å². The van der Waals surface area contributed by atoms with Crippen molar-refractivity contribution in [3.05, 3.63) is 29.8 Å². The average Bonchev–Trinajstić information content (AvgIpc) is 2.68. The second-order valence-corrected chi connectivity index (χ2v) is 7.29. The van der Waals surface area contributed by atoms with Gasteiger partial charge in [-0.05, 0) is 30.9 Å². The quantitative estimate of drug-likeness (QED) is 0.795. The van der Waals surface area contributed by atoms with E-state index in [0.717, 1.165) is 49.9 Å². The van der Waals surface area contributed by atoms with Gasteiger partial charge >= 0.3 is 0 Å². The molecule has 0 bridgehead atoms. The largest absolute Gasteiger partial charge is 0.375 e. The SMILES string of the molecule is CCCC(=O)N1CCCCCCCCN(C(=O)COC)c2ccccc2C1. The fourth-order valence-corrected chi connectivity index (χ4v) is 3.64. The molecule has 1 aliphatic rings. The topological polar surface area (TPSA) is 49.9 Å². The van der Waals surface area contributed by atoms with Crippen molar-refractivity contribution in [3.63, 3.8) is 0 Å². The number of hydrogen-bond donors (Lipinski definition) is 0. The summed E-state index contributed by atoms with van der Waals surface area (Å²) in [6.45, 7) is 4.16. The van der Waals surface area contributed by atoms with Gasteiger partial charge in [-0.2, -0.15) is 0 Å². The van der Waals surface area contributed by atoms with Gasteiger partial charge in [0.25, 0.3) is 5.91 Å². The van der Waals surface area contributed by atoms with Gasteiger partial charge in [0, 0.05) is 38.9 Å². The van der Waals surface area contributed by atoms with Crippen LogP contribution in [0.25, 0.3) is 0 Å². The highest BCUT2D eigenvalue weighted by atomic mass is 16.5. The number of amides is 2. The fourth-order valence-electron chi connectivity index (χ4n) is 3.64. The summed E-state index contributed by atoms with van der Waals surface area (Å²) in [4.78, 5) is 29.1. The number of benzene rings is 1. The molecule has 0 saturated heterocycles. The van der Waals surface area contributed by atoms with Crippen LogP contribution in [-0.2, 0) is 20.9 Å². The minimum absolute atomic E-state index is 0.0220. The first-order valence-electron chi connectivity index (χ1n) is 10.3. The highest BCUT2D eigenvalue weighted by Crippen LogP contribution is 2.24. The molecule has 5 heteroatoms. The second kappa shape index (κ2) is 11.8. The molecule has 27 heavy (non-hydrogen) atoms. The normalized spacial score (nSPS) is 16.7. The number of carbonyl (C=O) groups excluding carboxylic acids is 2. The van der Waals surface area contributed by atoms with E-state index in [0.29, 0.717) is 19.5 Å². The molecule has 1 aromatic rings. The fraction of sp³-hybridized carbons (Fsp3) is 0.636. The summed E-state index contributed by atoms with van der Waals surface area (Å²) < 4.78 is 5.10. The van der Waals surface area contributed by atoms with Gasteiger partial charge in [-0.25, -0.2) is 0 Å². The molecule has 2 rings (SSSR count). The van der Waals surface area contributed by atoms with E-state index in [9.17, 15) is 9.59 Å². The molecule has 0 radical (unpaired) electrons. The molecule has 150 valence electrons. The third-order valence-corrected chi connectivity index (χ3v) is 5.09. The van der Waals surface area contributed by atoms with Crippen LogP contribution in [0, 0.1) is 0 Å². The van der Waals surface area contributed by atoms with Crippen LogP contribution in [-0.4, -0.2) is 43.5 Å². The molecule has 5 nitrogen and oxygen atoms in total. The first-order chi connectivity index (χ1) is 13.2. The Bertz CT molecular complexity index is 603. The average molecular weight is 375 g/mol. The van der Waals surface area contributed by atoms with E-state index in [2.05, 4.69) is 0 Å². The number of carbonyl (C=O) groups is 2. The Hall–Kier alpha value is -1.88. The first-order valence-corrected chi connectivity index (χ1v) is 10.3. The Balaban J connectivity index is 2.32. The van der Waals surface area contributed by atoms with E-state index in [1.54, 1.807) is 7.11 Å². The number of para-hydroxylation sites is 1. The van der Waals surface area contributed by atoms with E-state index < -0.39 is 0 Å². The molecule has 0 unspecified atom stereocenters. The maximum atomic E-state index is 12.7. The zero-order valence-corrected chi connectivity index (χ0v) is 16.9. The minimum Gasteiger partial charge on any atom is -0.375 e. The van der Waals surface area contributed by atoms with Gasteiger partial charge in [0.2, 0.25) is 5.91 Å². The predicted octanol–water partition coefficient (Wildman–Crippen LogP) is 4.15. The zero-order chi connectivity index (χ0) is 19.5. The van der Waals surface area contributed by atoms with Crippen LogP contribution in [0.15, 0.2) is 24.3 Å². The lowest BCUT2D eigenvalue weighted by molar-refractivity contribution is -0.132. The number of hydrogen-bond acceptors (Lipinski definition) is 3. The van der Waals surface area contributed by atoms with Crippen LogP contribution >= 0.6 is 0 Å². The molecule has 0 saturated carbocycles. The van der Waals surface area contributed by atoms with E-state index in [4.69, 9.17) is 4.74 Å². The smallest absolute Gasteiger partial charge is 0.252 e.